The molecule has 0 amide bonds. The van der Waals surface area contributed by atoms with Gasteiger partial charge in [-0.15, -0.1) is 0 Å². The van der Waals surface area contributed by atoms with Gasteiger partial charge in [0.2, 0.25) is 0 Å². The molecule has 0 aliphatic heterocycles. The van der Waals surface area contributed by atoms with E-state index in [4.69, 9.17) is 4.99 Å². The summed E-state index contributed by atoms with van der Waals surface area (Å²) in [5.41, 5.74) is 5.17. The van der Waals surface area contributed by atoms with Crippen LogP contribution < -0.4 is 5.32 Å². The van der Waals surface area contributed by atoms with E-state index >= 15 is 0 Å². The molecule has 0 spiro atoms. The molecule has 0 saturated carbocycles. The number of rotatable bonds is 7. The Morgan fingerprint density at radius 2 is 1.72 bits per heavy atom. The minimum atomic E-state index is -0.498. The summed E-state index contributed by atoms with van der Waals surface area (Å²) >= 11 is 0. The highest BCUT2D eigenvalue weighted by atomic mass is 15.1. The lowest BCUT2D eigenvalue weighted by Crippen LogP contribution is -2.37. The van der Waals surface area contributed by atoms with Gasteiger partial charge >= 0.3 is 0 Å². The molecule has 0 heterocycles. The second-order valence-electron chi connectivity index (χ2n) is 6.36. The number of allylic oxidation sites excluding steroid dienone is 2. The largest absolute Gasteiger partial charge is 0.362 e. The predicted octanol–water partition coefficient (Wildman–Crippen LogP) is 5.44. The number of para-hydroxylation sites is 1. The van der Waals surface area contributed by atoms with Gasteiger partial charge in [0.25, 0.3) is 0 Å². The highest BCUT2D eigenvalue weighted by molar-refractivity contribution is 6.03. The van der Waals surface area contributed by atoms with E-state index in [2.05, 4.69) is 21.9 Å². The van der Waals surface area contributed by atoms with Gasteiger partial charge in [-0.25, -0.2) is 0 Å². The zero-order valence-corrected chi connectivity index (χ0v) is 16.5. The van der Waals surface area contributed by atoms with Crippen LogP contribution in [0, 0.1) is 0 Å². The van der Waals surface area contributed by atoms with Crippen molar-refractivity contribution in [1.29, 1.82) is 0 Å². The van der Waals surface area contributed by atoms with E-state index in [1.54, 1.807) is 12.4 Å². The summed E-state index contributed by atoms with van der Waals surface area (Å²) in [6.07, 6.45) is 3.58. The molecule has 1 rings (SSSR count). The lowest BCUT2D eigenvalue weighted by Gasteiger charge is -2.26. The number of benzene rings is 1. The van der Waals surface area contributed by atoms with Crippen molar-refractivity contribution in [1.82, 2.24) is 5.32 Å². The minimum absolute atomic E-state index is 0.498. The van der Waals surface area contributed by atoms with Crippen LogP contribution in [0.5, 0.6) is 0 Å². The molecule has 4 nitrogen and oxygen atoms in total. The number of nitrogens with one attached hydrogen (secondary N) is 1. The predicted molar refractivity (Wildman–Crippen MR) is 111 cm³/mol. The van der Waals surface area contributed by atoms with Gasteiger partial charge in [0.1, 0.15) is 5.66 Å². The van der Waals surface area contributed by atoms with Crippen molar-refractivity contribution in [2.75, 3.05) is 0 Å². The van der Waals surface area contributed by atoms with Gasteiger partial charge < -0.3 is 5.32 Å². The third-order valence-corrected chi connectivity index (χ3v) is 3.78. The SMILES string of the molecule is C=C(NC(C)(C)N=C(C)c1ccccc1N=CC)/C(C)=C(/C)N=CC. The van der Waals surface area contributed by atoms with E-state index in [0.717, 1.165) is 33.9 Å². The smallest absolute Gasteiger partial charge is 0.124 e. The second-order valence-corrected chi connectivity index (χ2v) is 6.36. The van der Waals surface area contributed by atoms with Crippen molar-refractivity contribution in [2.45, 2.75) is 54.1 Å². The zero-order valence-electron chi connectivity index (χ0n) is 16.5. The molecule has 0 aliphatic rings. The van der Waals surface area contributed by atoms with Gasteiger partial charge in [0, 0.05) is 35.1 Å². The van der Waals surface area contributed by atoms with E-state index in [0.29, 0.717) is 0 Å². The van der Waals surface area contributed by atoms with Crippen LogP contribution in [0.3, 0.4) is 0 Å². The third kappa shape index (κ3) is 6.14. The van der Waals surface area contributed by atoms with Gasteiger partial charge in [-0.3, -0.25) is 15.0 Å². The van der Waals surface area contributed by atoms with Crippen molar-refractivity contribution >= 4 is 23.8 Å². The van der Waals surface area contributed by atoms with Crippen molar-refractivity contribution in [3.8, 4) is 0 Å². The fourth-order valence-electron chi connectivity index (χ4n) is 2.51. The van der Waals surface area contributed by atoms with E-state index < -0.39 is 5.66 Å². The van der Waals surface area contributed by atoms with Crippen LogP contribution in [-0.2, 0) is 0 Å². The van der Waals surface area contributed by atoms with Gasteiger partial charge in [0.05, 0.1) is 5.69 Å². The van der Waals surface area contributed by atoms with E-state index in [9.17, 15) is 0 Å². The maximum absolute atomic E-state index is 4.86. The molecule has 0 unspecified atom stereocenters. The fourth-order valence-corrected chi connectivity index (χ4v) is 2.51. The molecule has 0 radical (unpaired) electrons. The Kier molecular flexibility index (Phi) is 7.49. The average molecular weight is 338 g/mol. The summed E-state index contributed by atoms with van der Waals surface area (Å²) in [5.74, 6) is 0. The molecular weight excluding hydrogens is 308 g/mol. The molecule has 0 aliphatic carbocycles. The normalized spacial score (nSPS) is 14.1. The lowest BCUT2D eigenvalue weighted by molar-refractivity contribution is 0.454. The van der Waals surface area contributed by atoms with Crippen LogP contribution in [0.15, 0.2) is 62.8 Å². The van der Waals surface area contributed by atoms with Crippen LogP contribution in [0.4, 0.5) is 5.69 Å². The van der Waals surface area contributed by atoms with E-state index in [1.165, 1.54) is 0 Å². The van der Waals surface area contributed by atoms with Gasteiger partial charge in [-0.1, -0.05) is 24.8 Å². The second kappa shape index (κ2) is 9.11. The molecule has 0 fully saturated rings. The first kappa shape index (κ1) is 20.6. The zero-order chi connectivity index (χ0) is 19.0. The third-order valence-electron chi connectivity index (χ3n) is 3.78. The molecule has 1 N–H and O–H groups in total. The van der Waals surface area contributed by atoms with Crippen LogP contribution in [0.2, 0.25) is 0 Å². The Balaban J connectivity index is 3.09. The molecule has 1 aromatic carbocycles. The molecular formula is C21H30N4. The fraction of sp³-hybridized carbons (Fsp3) is 0.381. The van der Waals surface area contributed by atoms with Crippen molar-refractivity contribution in [3.63, 3.8) is 0 Å². The Bertz CT molecular complexity index is 734. The Morgan fingerprint density at radius 3 is 2.32 bits per heavy atom. The van der Waals surface area contributed by atoms with Crippen molar-refractivity contribution in [2.24, 2.45) is 15.0 Å². The summed E-state index contributed by atoms with van der Waals surface area (Å²) in [5, 5.41) is 3.40. The van der Waals surface area contributed by atoms with Crippen LogP contribution in [0.1, 0.15) is 54.0 Å². The molecule has 25 heavy (non-hydrogen) atoms. The summed E-state index contributed by atoms with van der Waals surface area (Å²) in [6, 6.07) is 8.01. The number of hydrogen-bond donors (Lipinski definition) is 1. The maximum Gasteiger partial charge on any atom is 0.124 e. The Labute approximate surface area is 152 Å². The number of aliphatic imine (C=N–C) groups is 3. The Hall–Kier alpha value is -2.49. The van der Waals surface area contributed by atoms with Crippen LogP contribution in [0.25, 0.3) is 0 Å². The average Bonchev–Trinajstić information content (AvgIpc) is 2.54. The molecule has 1 aromatic rings. The molecule has 4 heteroatoms. The monoisotopic (exact) mass is 338 g/mol. The van der Waals surface area contributed by atoms with E-state index in [-0.39, 0.29) is 0 Å². The van der Waals surface area contributed by atoms with E-state index in [1.807, 2.05) is 72.7 Å². The molecule has 0 bridgehead atoms. The quantitative estimate of drug-likeness (QED) is 0.522. The highest BCUT2D eigenvalue weighted by Gasteiger charge is 2.18. The molecule has 0 atom stereocenters. The topological polar surface area (TPSA) is 49.1 Å². The standard InChI is InChI=1S/C21H30N4/c1-9-22-16(4)15(3)17(5)24-21(7,8)25-18(6)19-13-11-12-14-20(19)23-10-2/h9-14,24H,5H2,1-4,6-8H3/b16-15-,22-9?,23-10?,25-18?. The summed E-state index contributed by atoms with van der Waals surface area (Å²) in [4.78, 5) is 13.6. The minimum Gasteiger partial charge on any atom is -0.362 e. The van der Waals surface area contributed by atoms with Gasteiger partial charge in [-0.05, 0) is 60.1 Å². The van der Waals surface area contributed by atoms with Gasteiger partial charge in [-0.2, -0.15) is 0 Å². The van der Waals surface area contributed by atoms with Gasteiger partial charge in [0.15, 0.2) is 0 Å². The van der Waals surface area contributed by atoms with Crippen LogP contribution in [-0.4, -0.2) is 23.8 Å². The molecule has 0 aromatic heterocycles. The summed E-state index contributed by atoms with van der Waals surface area (Å²) < 4.78 is 0. The lowest BCUT2D eigenvalue weighted by atomic mass is 10.1. The highest BCUT2D eigenvalue weighted by Crippen LogP contribution is 2.22. The number of nitrogens with zero attached hydrogens (tertiary/aromatic N) is 3. The van der Waals surface area contributed by atoms with Crippen molar-refractivity contribution < 1.29 is 0 Å². The van der Waals surface area contributed by atoms with Crippen LogP contribution >= 0.6 is 0 Å². The summed E-state index contributed by atoms with van der Waals surface area (Å²) in [6.45, 7) is 18.0. The Morgan fingerprint density at radius 1 is 1.08 bits per heavy atom. The number of hydrogen-bond acceptors (Lipinski definition) is 4. The first-order chi connectivity index (χ1) is 11.7. The first-order valence-electron chi connectivity index (χ1n) is 8.50. The first-order valence-corrected chi connectivity index (χ1v) is 8.50. The maximum atomic E-state index is 4.86. The summed E-state index contributed by atoms with van der Waals surface area (Å²) in [7, 11) is 0. The molecule has 134 valence electrons. The van der Waals surface area contributed by atoms with Crippen molar-refractivity contribution in [3.05, 3.63) is 53.4 Å². The molecule has 0 saturated heterocycles.